The van der Waals surface area contributed by atoms with E-state index in [1.54, 1.807) is 4.90 Å². The van der Waals surface area contributed by atoms with Crippen molar-refractivity contribution >= 4 is 11.9 Å². The molecule has 2 rings (SSSR count). The van der Waals surface area contributed by atoms with Gasteiger partial charge in [-0.3, -0.25) is 4.79 Å². The third kappa shape index (κ3) is 3.97. The molecule has 114 valence electrons. The van der Waals surface area contributed by atoms with Crippen LogP contribution in [0, 0.1) is 5.92 Å². The number of amides is 1. The van der Waals surface area contributed by atoms with Crippen molar-refractivity contribution in [2.45, 2.75) is 70.8 Å². The summed E-state index contributed by atoms with van der Waals surface area (Å²) in [4.78, 5) is 26.0. The number of carbonyl (C=O) groups is 2. The van der Waals surface area contributed by atoms with E-state index in [1.807, 2.05) is 6.92 Å². The molecule has 0 N–H and O–H groups in total. The highest BCUT2D eigenvalue weighted by Crippen LogP contribution is 2.29. The average molecular weight is 281 g/mol. The lowest BCUT2D eigenvalue weighted by molar-refractivity contribution is -0.153. The van der Waals surface area contributed by atoms with Crippen molar-refractivity contribution in [3.8, 4) is 0 Å². The van der Waals surface area contributed by atoms with Gasteiger partial charge in [-0.15, -0.1) is 0 Å². The number of carbonyl (C=O) groups excluding carboxylic acids is 2. The fourth-order valence-corrected chi connectivity index (χ4v) is 3.38. The molecule has 1 aliphatic carbocycles. The molecule has 0 bridgehead atoms. The van der Waals surface area contributed by atoms with Crippen LogP contribution in [-0.2, 0) is 14.3 Å². The number of hydrogen-bond donors (Lipinski definition) is 0. The molecule has 0 aromatic carbocycles. The monoisotopic (exact) mass is 281 g/mol. The van der Waals surface area contributed by atoms with E-state index in [-0.39, 0.29) is 17.9 Å². The molecule has 1 unspecified atom stereocenters. The largest absolute Gasteiger partial charge is 0.464 e. The number of rotatable bonds is 6. The van der Waals surface area contributed by atoms with E-state index in [0.717, 1.165) is 38.1 Å². The summed E-state index contributed by atoms with van der Waals surface area (Å²) in [5, 5.41) is 0. The van der Waals surface area contributed by atoms with Gasteiger partial charge in [-0.2, -0.15) is 0 Å². The second-order valence-electron chi connectivity index (χ2n) is 6.10. The third-order valence-corrected chi connectivity index (χ3v) is 4.53. The molecule has 20 heavy (non-hydrogen) atoms. The molecule has 0 aromatic heterocycles. The molecule has 2 aliphatic rings. The Morgan fingerprint density at radius 1 is 1.15 bits per heavy atom. The first-order chi connectivity index (χ1) is 9.72. The first-order valence-corrected chi connectivity index (χ1v) is 8.18. The fourth-order valence-electron chi connectivity index (χ4n) is 3.38. The van der Waals surface area contributed by atoms with E-state index in [4.69, 9.17) is 4.74 Å². The molecule has 1 aliphatic heterocycles. The molecule has 0 aromatic rings. The van der Waals surface area contributed by atoms with Gasteiger partial charge in [-0.25, -0.2) is 4.79 Å². The van der Waals surface area contributed by atoms with Crippen LogP contribution in [0.3, 0.4) is 0 Å². The molecule has 1 saturated heterocycles. The predicted molar refractivity (Wildman–Crippen MR) is 77.2 cm³/mol. The molecule has 4 heteroatoms. The SMILES string of the molecule is CCCOC(=O)C1CCCN1C(=O)CCC1CCCC1. The van der Waals surface area contributed by atoms with Gasteiger partial charge in [0.05, 0.1) is 6.61 Å². The van der Waals surface area contributed by atoms with Gasteiger partial charge in [0.2, 0.25) is 5.91 Å². The van der Waals surface area contributed by atoms with E-state index in [2.05, 4.69) is 0 Å². The van der Waals surface area contributed by atoms with Gasteiger partial charge < -0.3 is 9.64 Å². The van der Waals surface area contributed by atoms with Crippen LogP contribution >= 0.6 is 0 Å². The van der Waals surface area contributed by atoms with E-state index in [0.29, 0.717) is 13.0 Å². The molecule has 1 heterocycles. The lowest BCUT2D eigenvalue weighted by Gasteiger charge is -2.23. The Bertz CT molecular complexity index is 337. The van der Waals surface area contributed by atoms with Gasteiger partial charge in [0, 0.05) is 13.0 Å². The summed E-state index contributed by atoms with van der Waals surface area (Å²) in [7, 11) is 0. The zero-order chi connectivity index (χ0) is 14.4. The minimum absolute atomic E-state index is 0.146. The van der Waals surface area contributed by atoms with E-state index in [1.165, 1.54) is 25.7 Å². The van der Waals surface area contributed by atoms with Gasteiger partial charge in [0.25, 0.3) is 0 Å². The third-order valence-electron chi connectivity index (χ3n) is 4.53. The second kappa shape index (κ2) is 7.65. The van der Waals surface area contributed by atoms with Crippen LogP contribution in [-0.4, -0.2) is 36.0 Å². The van der Waals surface area contributed by atoms with Crippen LogP contribution in [0.2, 0.25) is 0 Å². The summed E-state index contributed by atoms with van der Waals surface area (Å²) < 4.78 is 5.20. The highest BCUT2D eigenvalue weighted by molar-refractivity contribution is 5.85. The maximum absolute atomic E-state index is 12.3. The van der Waals surface area contributed by atoms with Crippen LogP contribution in [0.15, 0.2) is 0 Å². The maximum Gasteiger partial charge on any atom is 0.328 e. The first-order valence-electron chi connectivity index (χ1n) is 8.18. The minimum atomic E-state index is -0.322. The Balaban J connectivity index is 1.79. The van der Waals surface area contributed by atoms with E-state index in [9.17, 15) is 9.59 Å². The zero-order valence-electron chi connectivity index (χ0n) is 12.6. The van der Waals surface area contributed by atoms with Crippen LogP contribution in [0.1, 0.15) is 64.7 Å². The van der Waals surface area contributed by atoms with E-state index >= 15 is 0 Å². The van der Waals surface area contributed by atoms with Crippen molar-refractivity contribution in [1.29, 1.82) is 0 Å². The molecule has 0 radical (unpaired) electrons. The quantitative estimate of drug-likeness (QED) is 0.703. The molecule has 1 atom stereocenters. The number of nitrogens with zero attached hydrogens (tertiary/aromatic N) is 1. The molecule has 1 amide bonds. The summed E-state index contributed by atoms with van der Waals surface area (Å²) in [6.45, 7) is 3.15. The van der Waals surface area contributed by atoms with Crippen molar-refractivity contribution in [2.75, 3.05) is 13.2 Å². The summed E-state index contributed by atoms with van der Waals surface area (Å²) in [6.07, 6.45) is 9.27. The predicted octanol–water partition coefficient (Wildman–Crippen LogP) is 2.90. The lowest BCUT2D eigenvalue weighted by Crippen LogP contribution is -2.41. The average Bonchev–Trinajstić information content (AvgIpc) is 3.12. The first kappa shape index (κ1) is 15.3. The van der Waals surface area contributed by atoms with Gasteiger partial charge >= 0.3 is 5.97 Å². The normalized spacial score (nSPS) is 23.2. The standard InChI is InChI=1S/C16H27NO3/c1-2-12-20-16(19)14-8-5-11-17(14)15(18)10-9-13-6-3-4-7-13/h13-14H,2-12H2,1H3. The van der Waals surface area contributed by atoms with Crippen molar-refractivity contribution < 1.29 is 14.3 Å². The Hall–Kier alpha value is -1.06. The van der Waals surface area contributed by atoms with Crippen molar-refractivity contribution in [1.82, 2.24) is 4.90 Å². The summed E-state index contributed by atoms with van der Waals surface area (Å²) in [6, 6.07) is -0.322. The number of likely N-dealkylation sites (tertiary alicyclic amines) is 1. The van der Waals surface area contributed by atoms with Gasteiger partial charge in [-0.1, -0.05) is 32.6 Å². The Morgan fingerprint density at radius 3 is 2.60 bits per heavy atom. The molecule has 4 nitrogen and oxygen atoms in total. The molecule has 2 fully saturated rings. The molecular formula is C16H27NO3. The maximum atomic E-state index is 12.3. The van der Waals surface area contributed by atoms with Gasteiger partial charge in [-0.05, 0) is 31.6 Å². The van der Waals surface area contributed by atoms with Crippen LogP contribution < -0.4 is 0 Å². The smallest absolute Gasteiger partial charge is 0.328 e. The lowest BCUT2D eigenvalue weighted by atomic mass is 10.0. The Kier molecular flexibility index (Phi) is 5.86. The number of esters is 1. The van der Waals surface area contributed by atoms with Gasteiger partial charge in [0.15, 0.2) is 0 Å². The fraction of sp³-hybridized carbons (Fsp3) is 0.875. The molecular weight excluding hydrogens is 254 g/mol. The molecule has 1 saturated carbocycles. The van der Waals surface area contributed by atoms with Gasteiger partial charge in [0.1, 0.15) is 6.04 Å². The Labute approximate surface area is 121 Å². The number of ether oxygens (including phenoxy) is 1. The van der Waals surface area contributed by atoms with E-state index < -0.39 is 0 Å². The zero-order valence-corrected chi connectivity index (χ0v) is 12.6. The Morgan fingerprint density at radius 2 is 1.90 bits per heavy atom. The number of hydrogen-bond acceptors (Lipinski definition) is 3. The van der Waals surface area contributed by atoms with Crippen LogP contribution in [0.5, 0.6) is 0 Å². The van der Waals surface area contributed by atoms with Crippen molar-refractivity contribution in [3.05, 3.63) is 0 Å². The summed E-state index contributed by atoms with van der Waals surface area (Å²) >= 11 is 0. The minimum Gasteiger partial charge on any atom is -0.464 e. The molecule has 0 spiro atoms. The van der Waals surface area contributed by atoms with Crippen molar-refractivity contribution in [3.63, 3.8) is 0 Å². The topological polar surface area (TPSA) is 46.6 Å². The van der Waals surface area contributed by atoms with Crippen LogP contribution in [0.25, 0.3) is 0 Å². The van der Waals surface area contributed by atoms with Crippen LogP contribution in [0.4, 0.5) is 0 Å². The highest BCUT2D eigenvalue weighted by atomic mass is 16.5. The second-order valence-corrected chi connectivity index (χ2v) is 6.10. The summed E-state index contributed by atoms with van der Waals surface area (Å²) in [5.74, 6) is 0.665. The highest BCUT2D eigenvalue weighted by Gasteiger charge is 2.35. The van der Waals surface area contributed by atoms with Crippen molar-refractivity contribution in [2.24, 2.45) is 5.92 Å². The summed E-state index contributed by atoms with van der Waals surface area (Å²) in [5.41, 5.74) is 0.